The zero-order valence-electron chi connectivity index (χ0n) is 15.0. The maximum atomic E-state index is 12.7. The lowest BCUT2D eigenvalue weighted by Crippen LogP contribution is -2.30. The van der Waals surface area contributed by atoms with Crippen LogP contribution in [-0.4, -0.2) is 26.4 Å². The van der Waals surface area contributed by atoms with Crippen LogP contribution in [0.1, 0.15) is 41.6 Å². The predicted octanol–water partition coefficient (Wildman–Crippen LogP) is 4.06. The van der Waals surface area contributed by atoms with Crippen molar-refractivity contribution in [2.45, 2.75) is 43.4 Å². The summed E-state index contributed by atoms with van der Waals surface area (Å²) >= 11 is 3.13. The number of nitrogens with zero attached hydrogens (tertiary/aromatic N) is 3. The van der Waals surface area contributed by atoms with Gasteiger partial charge in [-0.05, 0) is 29.9 Å². The van der Waals surface area contributed by atoms with Crippen LogP contribution in [0, 0.1) is 0 Å². The Kier molecular flexibility index (Phi) is 5.89. The van der Waals surface area contributed by atoms with Crippen molar-refractivity contribution < 1.29 is 4.79 Å². The van der Waals surface area contributed by atoms with Gasteiger partial charge in [0.1, 0.15) is 5.82 Å². The summed E-state index contributed by atoms with van der Waals surface area (Å²) in [6.45, 7) is 0.953. The summed E-state index contributed by atoms with van der Waals surface area (Å²) in [7, 11) is 0. The van der Waals surface area contributed by atoms with Gasteiger partial charge in [-0.3, -0.25) is 4.79 Å². The summed E-state index contributed by atoms with van der Waals surface area (Å²) in [4.78, 5) is 13.8. The van der Waals surface area contributed by atoms with E-state index in [2.05, 4.69) is 38.3 Å². The number of hydrogen-bond acceptors (Lipinski definition) is 5. The Hall–Kier alpha value is -2.12. The van der Waals surface area contributed by atoms with E-state index < -0.39 is 0 Å². The highest BCUT2D eigenvalue weighted by Crippen LogP contribution is 2.27. The molecular formula is C20H22N4OS2. The number of fused-ring (bicyclic) bond motifs is 1. The summed E-state index contributed by atoms with van der Waals surface area (Å²) in [5.41, 5.74) is 1.09. The molecule has 2 aromatic heterocycles. The van der Waals surface area contributed by atoms with Crippen molar-refractivity contribution in [2.75, 3.05) is 5.75 Å². The number of aromatic nitrogens is 3. The second-order valence-electron chi connectivity index (χ2n) is 6.58. The molecule has 5 nitrogen and oxygen atoms in total. The second kappa shape index (κ2) is 8.71. The minimum atomic E-state index is -0.116. The Bertz CT molecular complexity index is 877. The quantitative estimate of drug-likeness (QED) is 0.636. The molecule has 7 heteroatoms. The Balaban J connectivity index is 1.43. The lowest BCUT2D eigenvalue weighted by molar-refractivity contribution is -0.119. The number of carbonyl (C=O) groups is 1. The van der Waals surface area contributed by atoms with Crippen LogP contribution in [-0.2, 0) is 17.8 Å². The molecule has 0 unspecified atom stereocenters. The lowest BCUT2D eigenvalue weighted by Gasteiger charge is -2.18. The van der Waals surface area contributed by atoms with Crippen molar-refractivity contribution in [2.24, 2.45) is 0 Å². The van der Waals surface area contributed by atoms with E-state index in [1.165, 1.54) is 24.6 Å². The molecule has 0 spiro atoms. The summed E-state index contributed by atoms with van der Waals surface area (Å²) in [6.07, 6.45) is 4.53. The van der Waals surface area contributed by atoms with Crippen molar-refractivity contribution in [1.82, 2.24) is 20.1 Å². The molecule has 140 valence electrons. The highest BCUT2D eigenvalue weighted by molar-refractivity contribution is 7.99. The first-order valence-corrected chi connectivity index (χ1v) is 11.1. The monoisotopic (exact) mass is 398 g/mol. The lowest BCUT2D eigenvalue weighted by atomic mass is 10.1. The highest BCUT2D eigenvalue weighted by Gasteiger charge is 2.20. The Morgan fingerprint density at radius 3 is 2.85 bits per heavy atom. The normalized spacial score (nSPS) is 15.0. The van der Waals surface area contributed by atoms with Gasteiger partial charge in [-0.15, -0.1) is 21.5 Å². The van der Waals surface area contributed by atoms with E-state index >= 15 is 0 Å². The topological polar surface area (TPSA) is 59.8 Å². The number of amides is 1. The van der Waals surface area contributed by atoms with Gasteiger partial charge in [0.15, 0.2) is 5.16 Å². The van der Waals surface area contributed by atoms with Crippen LogP contribution in [0.2, 0.25) is 0 Å². The molecular weight excluding hydrogens is 376 g/mol. The fraction of sp³-hybridized carbons (Fsp3) is 0.350. The van der Waals surface area contributed by atoms with Gasteiger partial charge < -0.3 is 9.88 Å². The molecule has 1 atom stereocenters. The van der Waals surface area contributed by atoms with E-state index in [1.807, 2.05) is 29.6 Å². The molecule has 0 aliphatic carbocycles. The van der Waals surface area contributed by atoms with Gasteiger partial charge in [0.25, 0.3) is 0 Å². The largest absolute Gasteiger partial charge is 0.344 e. The summed E-state index contributed by atoms with van der Waals surface area (Å²) < 4.78 is 2.18. The molecule has 0 fully saturated rings. The van der Waals surface area contributed by atoms with Crippen molar-refractivity contribution in [3.05, 3.63) is 64.1 Å². The van der Waals surface area contributed by atoms with E-state index in [1.54, 1.807) is 11.3 Å². The van der Waals surface area contributed by atoms with Gasteiger partial charge in [-0.2, -0.15) is 0 Å². The van der Waals surface area contributed by atoms with Crippen LogP contribution < -0.4 is 5.32 Å². The van der Waals surface area contributed by atoms with Crippen LogP contribution in [0.25, 0.3) is 0 Å². The minimum absolute atomic E-state index is 0.00762. The molecule has 0 bridgehead atoms. The zero-order chi connectivity index (χ0) is 18.5. The molecule has 4 rings (SSSR count). The van der Waals surface area contributed by atoms with Crippen molar-refractivity contribution in [3.8, 4) is 0 Å². The van der Waals surface area contributed by atoms with Crippen LogP contribution in [0.15, 0.2) is 53.0 Å². The third-order valence-electron chi connectivity index (χ3n) is 4.67. The number of thioether (sulfide) groups is 1. The first-order chi connectivity index (χ1) is 13.3. The van der Waals surface area contributed by atoms with Gasteiger partial charge in [-0.25, -0.2) is 0 Å². The van der Waals surface area contributed by atoms with E-state index in [0.29, 0.717) is 5.75 Å². The van der Waals surface area contributed by atoms with Gasteiger partial charge in [0, 0.05) is 17.8 Å². The molecule has 1 N–H and O–H groups in total. The highest BCUT2D eigenvalue weighted by atomic mass is 32.2. The van der Waals surface area contributed by atoms with Crippen molar-refractivity contribution in [1.29, 1.82) is 0 Å². The standard InChI is InChI=1S/C20H22N4OS2/c25-18(14-27-20-23-22-17-11-5-2-6-12-24(17)20)21-19(16-10-7-13-26-16)15-8-3-1-4-9-15/h1,3-4,7-10,13,19H,2,5-6,11-12,14H2,(H,21,25)/t19-/m1/s1. The molecule has 0 radical (unpaired) electrons. The van der Waals surface area contributed by atoms with Gasteiger partial charge in [0.05, 0.1) is 11.8 Å². The number of thiophene rings is 1. The smallest absolute Gasteiger partial charge is 0.231 e. The third kappa shape index (κ3) is 4.42. The van der Waals surface area contributed by atoms with Crippen molar-refractivity contribution in [3.63, 3.8) is 0 Å². The van der Waals surface area contributed by atoms with Crippen LogP contribution in [0.5, 0.6) is 0 Å². The molecule has 1 aliphatic heterocycles. The number of hydrogen-bond donors (Lipinski definition) is 1. The molecule has 1 aromatic carbocycles. The molecule has 27 heavy (non-hydrogen) atoms. The van der Waals surface area contributed by atoms with Crippen LogP contribution >= 0.6 is 23.1 Å². The Morgan fingerprint density at radius 2 is 2.04 bits per heavy atom. The van der Waals surface area contributed by atoms with Gasteiger partial charge >= 0.3 is 0 Å². The average Bonchev–Trinajstić information content (AvgIpc) is 3.30. The molecule has 1 amide bonds. The fourth-order valence-corrected chi connectivity index (χ4v) is 4.91. The maximum Gasteiger partial charge on any atom is 0.231 e. The minimum Gasteiger partial charge on any atom is -0.344 e. The second-order valence-corrected chi connectivity index (χ2v) is 8.50. The third-order valence-corrected chi connectivity index (χ3v) is 6.58. The molecule has 0 saturated carbocycles. The summed E-state index contributed by atoms with van der Waals surface area (Å²) in [6, 6.07) is 14.1. The Morgan fingerprint density at radius 1 is 1.15 bits per heavy atom. The number of benzene rings is 1. The first-order valence-electron chi connectivity index (χ1n) is 9.24. The number of rotatable bonds is 6. The predicted molar refractivity (Wildman–Crippen MR) is 109 cm³/mol. The van der Waals surface area contributed by atoms with Crippen LogP contribution in [0.4, 0.5) is 0 Å². The van der Waals surface area contributed by atoms with E-state index in [0.717, 1.165) is 40.8 Å². The van der Waals surface area contributed by atoms with E-state index in [4.69, 9.17) is 0 Å². The van der Waals surface area contributed by atoms with Crippen LogP contribution in [0.3, 0.4) is 0 Å². The number of nitrogens with one attached hydrogen (secondary N) is 1. The summed E-state index contributed by atoms with van der Waals surface area (Å²) in [5.74, 6) is 1.40. The number of carbonyl (C=O) groups excluding carboxylic acids is 1. The number of aryl methyl sites for hydroxylation is 1. The maximum absolute atomic E-state index is 12.7. The van der Waals surface area contributed by atoms with Gasteiger partial charge in [-0.1, -0.05) is 54.6 Å². The zero-order valence-corrected chi connectivity index (χ0v) is 16.6. The average molecular weight is 399 g/mol. The van der Waals surface area contributed by atoms with E-state index in [-0.39, 0.29) is 11.9 Å². The van der Waals surface area contributed by atoms with E-state index in [9.17, 15) is 4.79 Å². The SMILES string of the molecule is O=C(CSc1nnc2n1CCCCC2)N[C@H](c1ccccc1)c1cccs1. The molecule has 3 aromatic rings. The Labute approximate surface area is 167 Å². The summed E-state index contributed by atoms with van der Waals surface area (Å²) in [5, 5.41) is 14.7. The van der Waals surface area contributed by atoms with Crippen molar-refractivity contribution >= 4 is 29.0 Å². The fourth-order valence-electron chi connectivity index (χ4n) is 3.32. The first kappa shape index (κ1) is 18.3. The molecule has 3 heterocycles. The van der Waals surface area contributed by atoms with Gasteiger partial charge in [0.2, 0.25) is 5.91 Å². The molecule has 0 saturated heterocycles. The molecule has 1 aliphatic rings.